The van der Waals surface area contributed by atoms with Gasteiger partial charge in [-0.05, 0) is 47.5 Å². The highest BCUT2D eigenvalue weighted by Gasteiger charge is 2.02. The Hall–Kier alpha value is -1.33. The summed E-state index contributed by atoms with van der Waals surface area (Å²) in [6, 6.07) is 17.0. The topological polar surface area (TPSA) is 3.24 Å². The molecule has 82 valence electrons. The van der Waals surface area contributed by atoms with Gasteiger partial charge in [0, 0.05) is 11.4 Å². The fourth-order valence-electron chi connectivity index (χ4n) is 1.56. The molecule has 2 aromatic rings. The normalized spacial score (nSPS) is 10.2. The van der Waals surface area contributed by atoms with Crippen LogP contribution in [-0.2, 0) is 0 Å². The van der Waals surface area contributed by atoms with E-state index in [9.17, 15) is 0 Å². The molecule has 1 nitrogen and oxygen atoms in total. The molecule has 2 rings (SSSR count). The maximum atomic E-state index is 2.75. The van der Waals surface area contributed by atoms with Crippen molar-refractivity contribution in [3.8, 4) is 0 Å². The Balaban J connectivity index is 2.28. The second kappa shape index (κ2) is 4.67. The molecule has 1 atom stereocenters. The van der Waals surface area contributed by atoms with Gasteiger partial charge in [-0.2, -0.15) is 0 Å². The van der Waals surface area contributed by atoms with E-state index in [0.29, 0.717) is 0 Å². The zero-order valence-corrected chi connectivity index (χ0v) is 10.8. The van der Waals surface area contributed by atoms with Crippen molar-refractivity contribution in [2.24, 2.45) is 0 Å². The molecule has 2 aromatic carbocycles. The summed E-state index contributed by atoms with van der Waals surface area (Å²) in [7, 11) is 2.75. The first-order chi connectivity index (χ1) is 7.66. The molecular formula is C14H16NP. The monoisotopic (exact) mass is 229 g/mol. The molecule has 16 heavy (non-hydrogen) atoms. The molecule has 0 saturated carbocycles. The lowest BCUT2D eigenvalue weighted by molar-refractivity contribution is 1.38. The molecule has 0 radical (unpaired) electrons. The average Bonchev–Trinajstić information content (AvgIpc) is 2.30. The fourth-order valence-corrected chi connectivity index (χ4v) is 1.90. The maximum absolute atomic E-state index is 2.75. The van der Waals surface area contributed by atoms with E-state index in [2.05, 4.69) is 76.4 Å². The highest BCUT2D eigenvalue weighted by molar-refractivity contribution is 7.19. The summed E-state index contributed by atoms with van der Waals surface area (Å²) in [5.41, 5.74) is 4.93. The first kappa shape index (κ1) is 11.2. The van der Waals surface area contributed by atoms with Gasteiger partial charge < -0.3 is 4.67 Å². The van der Waals surface area contributed by atoms with Gasteiger partial charge in [0.1, 0.15) is 0 Å². The minimum atomic E-state index is 1.18. The van der Waals surface area contributed by atoms with Gasteiger partial charge in [-0.15, -0.1) is 0 Å². The first-order valence-corrected chi connectivity index (χ1v) is 5.86. The molecule has 0 aliphatic carbocycles. The molecule has 0 saturated heterocycles. The Morgan fingerprint density at radius 1 is 0.688 bits per heavy atom. The molecule has 0 bridgehead atoms. The third kappa shape index (κ3) is 2.43. The molecule has 0 heterocycles. The quantitative estimate of drug-likeness (QED) is 0.696. The molecule has 1 unspecified atom stereocenters. The highest BCUT2D eigenvalue weighted by Crippen LogP contribution is 2.29. The largest absolute Gasteiger partial charge is 0.326 e. The van der Waals surface area contributed by atoms with Crippen LogP contribution in [0.15, 0.2) is 48.5 Å². The Bertz CT molecular complexity index is 414. The molecule has 0 aliphatic heterocycles. The summed E-state index contributed by atoms with van der Waals surface area (Å²) in [6.45, 7) is 4.20. The van der Waals surface area contributed by atoms with Crippen molar-refractivity contribution >= 4 is 20.8 Å². The predicted molar refractivity (Wildman–Crippen MR) is 74.2 cm³/mol. The third-order valence-electron chi connectivity index (χ3n) is 2.62. The fraction of sp³-hybridized carbons (Fsp3) is 0.143. The van der Waals surface area contributed by atoms with Crippen molar-refractivity contribution in [3.05, 3.63) is 59.7 Å². The van der Waals surface area contributed by atoms with E-state index in [4.69, 9.17) is 0 Å². The number of hydrogen-bond donors (Lipinski definition) is 0. The van der Waals surface area contributed by atoms with Crippen LogP contribution in [0.25, 0.3) is 0 Å². The van der Waals surface area contributed by atoms with Gasteiger partial charge in [-0.1, -0.05) is 35.4 Å². The molecule has 0 N–H and O–H groups in total. The highest BCUT2D eigenvalue weighted by atomic mass is 31.0. The van der Waals surface area contributed by atoms with Gasteiger partial charge in [0.2, 0.25) is 0 Å². The molecule has 0 aromatic heterocycles. The summed E-state index contributed by atoms with van der Waals surface area (Å²) >= 11 is 0. The van der Waals surface area contributed by atoms with Crippen molar-refractivity contribution in [2.45, 2.75) is 13.8 Å². The number of anilines is 2. The van der Waals surface area contributed by atoms with Crippen LogP contribution in [0.3, 0.4) is 0 Å². The Labute approximate surface area is 99.4 Å². The summed E-state index contributed by atoms with van der Waals surface area (Å²) in [6.07, 6.45) is 0. The zero-order valence-electron chi connectivity index (χ0n) is 9.64. The van der Waals surface area contributed by atoms with E-state index >= 15 is 0 Å². The summed E-state index contributed by atoms with van der Waals surface area (Å²) < 4.78 is 2.11. The minimum Gasteiger partial charge on any atom is -0.326 e. The van der Waals surface area contributed by atoms with Gasteiger partial charge in [0.25, 0.3) is 0 Å². The Kier molecular flexibility index (Phi) is 3.26. The lowest BCUT2D eigenvalue weighted by Crippen LogP contribution is -2.00. The van der Waals surface area contributed by atoms with Crippen molar-refractivity contribution < 1.29 is 0 Å². The second-order valence-electron chi connectivity index (χ2n) is 4.04. The number of benzene rings is 2. The van der Waals surface area contributed by atoms with Gasteiger partial charge in [-0.25, -0.2) is 0 Å². The van der Waals surface area contributed by atoms with Crippen molar-refractivity contribution in [3.63, 3.8) is 0 Å². The zero-order chi connectivity index (χ0) is 11.5. The van der Waals surface area contributed by atoms with E-state index in [1.807, 2.05) is 0 Å². The number of hydrogen-bond acceptors (Lipinski definition) is 1. The lowest BCUT2D eigenvalue weighted by atomic mass is 10.2. The summed E-state index contributed by atoms with van der Waals surface area (Å²) in [5, 5.41) is 0. The standard InChI is InChI=1S/C14H16NP/c1-11-3-7-13(8-4-11)15(16)14-9-5-12(2)6-10-14/h3-10H,16H2,1-2H3. The van der Waals surface area contributed by atoms with Gasteiger partial charge >= 0.3 is 0 Å². The summed E-state index contributed by atoms with van der Waals surface area (Å²) in [4.78, 5) is 0. The first-order valence-electron chi connectivity index (χ1n) is 5.35. The third-order valence-corrected chi connectivity index (χ3v) is 3.22. The van der Waals surface area contributed by atoms with E-state index in [0.717, 1.165) is 0 Å². The minimum absolute atomic E-state index is 1.18. The van der Waals surface area contributed by atoms with E-state index < -0.39 is 0 Å². The van der Waals surface area contributed by atoms with E-state index in [1.54, 1.807) is 0 Å². The second-order valence-corrected chi connectivity index (χ2v) is 4.56. The predicted octanol–water partition coefficient (Wildman–Crippen LogP) is 4.23. The average molecular weight is 229 g/mol. The van der Waals surface area contributed by atoms with E-state index in [1.165, 1.54) is 22.5 Å². The number of nitrogens with zero attached hydrogens (tertiary/aromatic N) is 1. The Morgan fingerprint density at radius 2 is 1.00 bits per heavy atom. The van der Waals surface area contributed by atoms with Crippen molar-refractivity contribution in [2.75, 3.05) is 4.67 Å². The molecule has 0 fully saturated rings. The molecule has 2 heteroatoms. The van der Waals surface area contributed by atoms with Gasteiger partial charge in [0.15, 0.2) is 0 Å². The summed E-state index contributed by atoms with van der Waals surface area (Å²) in [5.74, 6) is 0. The van der Waals surface area contributed by atoms with Crippen LogP contribution in [-0.4, -0.2) is 0 Å². The van der Waals surface area contributed by atoms with Crippen LogP contribution in [0.2, 0.25) is 0 Å². The Morgan fingerprint density at radius 3 is 1.31 bits per heavy atom. The lowest BCUT2D eigenvalue weighted by Gasteiger charge is -2.19. The van der Waals surface area contributed by atoms with Crippen LogP contribution in [0.1, 0.15) is 11.1 Å². The number of aryl methyl sites for hydroxylation is 2. The maximum Gasteiger partial charge on any atom is 0.0441 e. The van der Waals surface area contributed by atoms with Crippen LogP contribution in [0.5, 0.6) is 0 Å². The van der Waals surface area contributed by atoms with Crippen LogP contribution >= 0.6 is 9.39 Å². The van der Waals surface area contributed by atoms with Crippen LogP contribution in [0.4, 0.5) is 11.4 Å². The molecule has 0 aliphatic rings. The smallest absolute Gasteiger partial charge is 0.0441 e. The molecular weight excluding hydrogens is 213 g/mol. The van der Waals surface area contributed by atoms with Crippen LogP contribution in [0, 0.1) is 13.8 Å². The number of rotatable bonds is 2. The van der Waals surface area contributed by atoms with Crippen molar-refractivity contribution in [1.82, 2.24) is 0 Å². The molecule has 0 amide bonds. The van der Waals surface area contributed by atoms with Gasteiger partial charge in [0.05, 0.1) is 0 Å². The van der Waals surface area contributed by atoms with Crippen LogP contribution < -0.4 is 4.67 Å². The van der Waals surface area contributed by atoms with Crippen molar-refractivity contribution in [1.29, 1.82) is 0 Å². The SMILES string of the molecule is Cc1ccc(N(P)c2ccc(C)cc2)cc1. The van der Waals surface area contributed by atoms with Gasteiger partial charge in [-0.3, -0.25) is 0 Å². The van der Waals surface area contributed by atoms with E-state index in [-0.39, 0.29) is 0 Å². The molecule has 0 spiro atoms.